The SMILES string of the molecule is CCC(C1CCN(Cc2ccccc2-n2cccc2)CC1)N(CC)CC. The highest BCUT2D eigenvalue weighted by Gasteiger charge is 2.28. The summed E-state index contributed by atoms with van der Waals surface area (Å²) in [6.07, 6.45) is 8.23. The van der Waals surface area contributed by atoms with Gasteiger partial charge in [0.1, 0.15) is 0 Å². The molecule has 0 saturated carbocycles. The highest BCUT2D eigenvalue weighted by Crippen LogP contribution is 2.27. The van der Waals surface area contributed by atoms with E-state index in [9.17, 15) is 0 Å². The van der Waals surface area contributed by atoms with Crippen LogP contribution in [0, 0.1) is 5.92 Å². The maximum Gasteiger partial charge on any atom is 0.0494 e. The summed E-state index contributed by atoms with van der Waals surface area (Å²) in [4.78, 5) is 5.31. The second kappa shape index (κ2) is 9.38. The van der Waals surface area contributed by atoms with Crippen molar-refractivity contribution in [3.8, 4) is 5.69 Å². The van der Waals surface area contributed by atoms with Gasteiger partial charge in [-0.2, -0.15) is 0 Å². The van der Waals surface area contributed by atoms with Gasteiger partial charge in [-0.25, -0.2) is 0 Å². The molecule has 2 heterocycles. The minimum absolute atomic E-state index is 0.763. The molecule has 3 nitrogen and oxygen atoms in total. The Morgan fingerprint density at radius 3 is 2.23 bits per heavy atom. The van der Waals surface area contributed by atoms with Crippen LogP contribution in [0.15, 0.2) is 48.8 Å². The molecule has 26 heavy (non-hydrogen) atoms. The third kappa shape index (κ3) is 4.39. The van der Waals surface area contributed by atoms with E-state index in [1.54, 1.807) is 0 Å². The van der Waals surface area contributed by atoms with E-state index in [2.05, 4.69) is 83.9 Å². The fraction of sp³-hybridized carbons (Fsp3) is 0.565. The van der Waals surface area contributed by atoms with Crippen LogP contribution in [-0.4, -0.2) is 46.6 Å². The zero-order chi connectivity index (χ0) is 18.4. The molecule has 142 valence electrons. The summed E-state index contributed by atoms with van der Waals surface area (Å²) in [6, 6.07) is 13.8. The van der Waals surface area contributed by atoms with Gasteiger partial charge >= 0.3 is 0 Å². The van der Waals surface area contributed by atoms with Crippen LogP contribution in [0.25, 0.3) is 5.69 Å². The molecule has 0 amide bonds. The van der Waals surface area contributed by atoms with E-state index >= 15 is 0 Å². The molecule has 0 bridgehead atoms. The molecule has 0 radical (unpaired) electrons. The summed E-state index contributed by atoms with van der Waals surface area (Å²) < 4.78 is 2.23. The highest BCUT2D eigenvalue weighted by atomic mass is 15.2. The summed E-state index contributed by atoms with van der Waals surface area (Å²) in [7, 11) is 0. The van der Waals surface area contributed by atoms with Crippen LogP contribution in [-0.2, 0) is 6.54 Å². The van der Waals surface area contributed by atoms with Gasteiger partial charge in [0.05, 0.1) is 0 Å². The van der Waals surface area contributed by atoms with E-state index in [1.807, 2.05) is 0 Å². The van der Waals surface area contributed by atoms with Gasteiger partial charge in [-0.3, -0.25) is 4.90 Å². The first-order valence-electron chi connectivity index (χ1n) is 10.4. The molecule has 3 heteroatoms. The van der Waals surface area contributed by atoms with Crippen LogP contribution >= 0.6 is 0 Å². The van der Waals surface area contributed by atoms with Crippen LogP contribution in [0.3, 0.4) is 0 Å². The van der Waals surface area contributed by atoms with Gasteiger partial charge < -0.3 is 9.47 Å². The Labute approximate surface area is 159 Å². The fourth-order valence-electron chi connectivity index (χ4n) is 4.71. The average molecular weight is 354 g/mol. The molecule has 0 spiro atoms. The lowest BCUT2D eigenvalue weighted by Gasteiger charge is -2.40. The molecular weight excluding hydrogens is 318 g/mol. The monoisotopic (exact) mass is 353 g/mol. The first kappa shape index (κ1) is 19.2. The Balaban J connectivity index is 1.61. The van der Waals surface area contributed by atoms with E-state index in [0.29, 0.717) is 0 Å². The van der Waals surface area contributed by atoms with Crippen LogP contribution in [0.5, 0.6) is 0 Å². The Kier molecular flexibility index (Phi) is 6.93. The quantitative estimate of drug-likeness (QED) is 0.675. The fourth-order valence-corrected chi connectivity index (χ4v) is 4.71. The van der Waals surface area contributed by atoms with Crippen molar-refractivity contribution >= 4 is 0 Å². The summed E-state index contributed by atoms with van der Waals surface area (Å²) >= 11 is 0. The maximum absolute atomic E-state index is 2.67. The average Bonchev–Trinajstić information content (AvgIpc) is 3.22. The highest BCUT2D eigenvalue weighted by molar-refractivity contribution is 5.41. The van der Waals surface area contributed by atoms with Gasteiger partial charge in [0.25, 0.3) is 0 Å². The third-order valence-corrected chi connectivity index (χ3v) is 6.14. The Morgan fingerprint density at radius 1 is 0.962 bits per heavy atom. The Bertz CT molecular complexity index is 637. The molecule has 1 saturated heterocycles. The molecule has 1 aromatic heterocycles. The van der Waals surface area contributed by atoms with Crippen molar-refractivity contribution < 1.29 is 0 Å². The number of likely N-dealkylation sites (tertiary alicyclic amines) is 1. The lowest BCUT2D eigenvalue weighted by molar-refractivity contribution is 0.0879. The zero-order valence-corrected chi connectivity index (χ0v) is 16.8. The van der Waals surface area contributed by atoms with Crippen LogP contribution in [0.2, 0.25) is 0 Å². The lowest BCUT2D eigenvalue weighted by atomic mass is 9.86. The Hall–Kier alpha value is -1.58. The van der Waals surface area contributed by atoms with E-state index in [0.717, 1.165) is 18.5 Å². The molecular formula is C23H35N3. The third-order valence-electron chi connectivity index (χ3n) is 6.14. The van der Waals surface area contributed by atoms with Gasteiger partial charge in [-0.1, -0.05) is 39.0 Å². The first-order chi connectivity index (χ1) is 12.8. The van der Waals surface area contributed by atoms with Gasteiger partial charge in [-0.05, 0) is 75.1 Å². The smallest absolute Gasteiger partial charge is 0.0494 e. The van der Waals surface area contributed by atoms with Gasteiger partial charge in [0.15, 0.2) is 0 Å². The van der Waals surface area contributed by atoms with Gasteiger partial charge in [-0.15, -0.1) is 0 Å². The number of aromatic nitrogens is 1. The zero-order valence-electron chi connectivity index (χ0n) is 16.8. The molecule has 1 unspecified atom stereocenters. The topological polar surface area (TPSA) is 11.4 Å². The number of benzene rings is 1. The normalized spacial score (nSPS) is 17.7. The largest absolute Gasteiger partial charge is 0.324 e. The van der Waals surface area contributed by atoms with Crippen molar-refractivity contribution in [2.45, 2.75) is 52.6 Å². The Morgan fingerprint density at radius 2 is 1.62 bits per heavy atom. The van der Waals surface area contributed by atoms with Crippen molar-refractivity contribution in [2.75, 3.05) is 26.2 Å². The second-order valence-corrected chi connectivity index (χ2v) is 7.53. The van der Waals surface area contributed by atoms with Gasteiger partial charge in [0, 0.05) is 30.7 Å². The van der Waals surface area contributed by atoms with Crippen molar-refractivity contribution in [1.29, 1.82) is 0 Å². The molecule has 2 aromatic rings. The van der Waals surface area contributed by atoms with Crippen molar-refractivity contribution in [2.24, 2.45) is 5.92 Å². The second-order valence-electron chi connectivity index (χ2n) is 7.53. The molecule has 1 atom stereocenters. The lowest BCUT2D eigenvalue weighted by Crippen LogP contribution is -2.45. The molecule has 1 fully saturated rings. The number of para-hydroxylation sites is 1. The predicted octanol–water partition coefficient (Wildman–Crippen LogP) is 4.81. The molecule has 1 aliphatic heterocycles. The molecule has 1 aromatic carbocycles. The van der Waals surface area contributed by atoms with Crippen molar-refractivity contribution in [3.05, 3.63) is 54.4 Å². The van der Waals surface area contributed by atoms with Crippen LogP contribution in [0.1, 0.15) is 45.6 Å². The minimum atomic E-state index is 0.763. The molecule has 1 aliphatic rings. The number of rotatable bonds is 8. The predicted molar refractivity (Wildman–Crippen MR) is 111 cm³/mol. The molecule has 0 aliphatic carbocycles. The summed E-state index contributed by atoms with van der Waals surface area (Å²) in [5.74, 6) is 0.857. The number of piperidine rings is 1. The number of hydrogen-bond donors (Lipinski definition) is 0. The van der Waals surface area contributed by atoms with Gasteiger partial charge in [0.2, 0.25) is 0 Å². The number of nitrogens with zero attached hydrogens (tertiary/aromatic N) is 3. The summed E-state index contributed by atoms with van der Waals surface area (Å²) in [6.45, 7) is 12.8. The van der Waals surface area contributed by atoms with Crippen LogP contribution in [0.4, 0.5) is 0 Å². The standard InChI is InChI=1S/C23H35N3/c1-4-22(25(5-2)6-3)20-13-17-24(18-14-20)19-21-11-7-8-12-23(21)26-15-9-10-16-26/h7-12,15-16,20,22H,4-6,13-14,17-19H2,1-3H3. The maximum atomic E-state index is 2.67. The summed E-state index contributed by atoms with van der Waals surface area (Å²) in [5, 5.41) is 0. The van der Waals surface area contributed by atoms with E-state index in [-0.39, 0.29) is 0 Å². The van der Waals surface area contributed by atoms with Crippen molar-refractivity contribution in [3.63, 3.8) is 0 Å². The summed E-state index contributed by atoms with van der Waals surface area (Å²) in [5.41, 5.74) is 2.74. The van der Waals surface area contributed by atoms with E-state index < -0.39 is 0 Å². The van der Waals surface area contributed by atoms with E-state index in [1.165, 1.54) is 56.7 Å². The number of hydrogen-bond acceptors (Lipinski definition) is 2. The van der Waals surface area contributed by atoms with E-state index in [4.69, 9.17) is 0 Å². The molecule has 3 rings (SSSR count). The first-order valence-corrected chi connectivity index (χ1v) is 10.4. The van der Waals surface area contributed by atoms with Crippen LogP contribution < -0.4 is 0 Å². The minimum Gasteiger partial charge on any atom is -0.324 e. The van der Waals surface area contributed by atoms with Crippen molar-refractivity contribution in [1.82, 2.24) is 14.4 Å². The molecule has 0 N–H and O–H groups in total.